The number of carbonyl (C=O) groups excluding carboxylic acids is 1. The number of benzene rings is 2. The maximum absolute atomic E-state index is 12.8. The summed E-state index contributed by atoms with van der Waals surface area (Å²) in [6.45, 7) is 5.17. The SMILES string of the molecule is CC(C)(C)OC(=O)COCCOCCOc1cc(OC(F)(F)F)cc(C(=O)O)c1Cc1ccccc1. The second-order valence-corrected chi connectivity index (χ2v) is 8.56. The molecule has 0 heterocycles. The highest BCUT2D eigenvalue weighted by Crippen LogP contribution is 2.34. The summed E-state index contributed by atoms with van der Waals surface area (Å²) in [5.74, 6) is -2.70. The van der Waals surface area contributed by atoms with Crippen LogP contribution in [0, 0.1) is 0 Å². The van der Waals surface area contributed by atoms with E-state index in [2.05, 4.69) is 4.74 Å². The Morgan fingerprint density at radius 1 is 0.917 bits per heavy atom. The fourth-order valence-corrected chi connectivity index (χ4v) is 3.07. The third-order valence-corrected chi connectivity index (χ3v) is 4.37. The molecule has 2 rings (SSSR count). The van der Waals surface area contributed by atoms with Crippen LogP contribution < -0.4 is 9.47 Å². The van der Waals surface area contributed by atoms with E-state index in [1.165, 1.54) is 0 Å². The van der Waals surface area contributed by atoms with Crippen molar-refractivity contribution < 1.29 is 51.6 Å². The molecule has 8 nitrogen and oxygen atoms in total. The Hall–Kier alpha value is -3.31. The minimum atomic E-state index is -5.00. The van der Waals surface area contributed by atoms with E-state index in [9.17, 15) is 27.9 Å². The minimum absolute atomic E-state index is 0.0351. The first-order chi connectivity index (χ1) is 16.8. The Balaban J connectivity index is 2.00. The van der Waals surface area contributed by atoms with Gasteiger partial charge in [-0.3, -0.25) is 0 Å². The Morgan fingerprint density at radius 3 is 2.17 bits per heavy atom. The fourth-order valence-electron chi connectivity index (χ4n) is 3.07. The smallest absolute Gasteiger partial charge is 0.491 e. The molecule has 0 amide bonds. The van der Waals surface area contributed by atoms with Gasteiger partial charge in [0, 0.05) is 18.1 Å². The predicted octanol–water partition coefficient (Wildman–Crippen LogP) is 4.63. The number of carboxylic acid groups (broad SMARTS) is 1. The molecule has 0 aliphatic carbocycles. The number of rotatable bonds is 13. The molecular formula is C25H29F3O8. The molecule has 1 N–H and O–H groups in total. The van der Waals surface area contributed by atoms with Crippen LogP contribution in [0.4, 0.5) is 13.2 Å². The van der Waals surface area contributed by atoms with Crippen molar-refractivity contribution >= 4 is 11.9 Å². The number of hydrogen-bond donors (Lipinski definition) is 1. The third kappa shape index (κ3) is 11.0. The number of carboxylic acids is 1. The van der Waals surface area contributed by atoms with Crippen molar-refractivity contribution in [3.8, 4) is 11.5 Å². The Morgan fingerprint density at radius 2 is 1.56 bits per heavy atom. The zero-order valence-electron chi connectivity index (χ0n) is 20.2. The molecule has 0 radical (unpaired) electrons. The van der Waals surface area contributed by atoms with Gasteiger partial charge in [-0.25, -0.2) is 9.59 Å². The standard InChI is InChI=1S/C25H29F3O8/c1-24(2,3)36-22(29)16-33-10-9-32-11-12-34-21-15-18(35-25(26,27)28)14-20(23(30)31)19(21)13-17-7-5-4-6-8-17/h4-8,14-15H,9-13,16H2,1-3H3,(H,30,31). The maximum atomic E-state index is 12.8. The summed E-state index contributed by atoms with van der Waals surface area (Å²) in [5, 5.41) is 9.62. The van der Waals surface area contributed by atoms with Crippen LogP contribution in [-0.4, -0.2) is 62.0 Å². The molecule has 0 fully saturated rings. The highest BCUT2D eigenvalue weighted by molar-refractivity contribution is 5.91. The van der Waals surface area contributed by atoms with Gasteiger partial charge in [0.15, 0.2) is 0 Å². The zero-order valence-corrected chi connectivity index (χ0v) is 20.2. The number of alkyl halides is 3. The van der Waals surface area contributed by atoms with Crippen molar-refractivity contribution in [1.82, 2.24) is 0 Å². The van der Waals surface area contributed by atoms with Gasteiger partial charge < -0.3 is 28.8 Å². The molecule has 0 aliphatic rings. The lowest BCUT2D eigenvalue weighted by Crippen LogP contribution is -2.27. The molecule has 2 aromatic carbocycles. The molecule has 0 aliphatic heterocycles. The molecule has 0 atom stereocenters. The molecule has 11 heteroatoms. The van der Waals surface area contributed by atoms with E-state index in [1.807, 2.05) is 0 Å². The van der Waals surface area contributed by atoms with E-state index in [0.717, 1.165) is 17.7 Å². The number of halogens is 3. The lowest BCUT2D eigenvalue weighted by atomic mass is 9.98. The van der Waals surface area contributed by atoms with Crippen LogP contribution >= 0.6 is 0 Å². The number of carbonyl (C=O) groups is 2. The Kier molecular flexibility index (Phi) is 10.5. The summed E-state index contributed by atoms with van der Waals surface area (Å²) >= 11 is 0. The van der Waals surface area contributed by atoms with Crippen molar-refractivity contribution in [3.63, 3.8) is 0 Å². The van der Waals surface area contributed by atoms with E-state index in [-0.39, 0.29) is 56.3 Å². The van der Waals surface area contributed by atoms with Crippen molar-refractivity contribution in [2.24, 2.45) is 0 Å². The molecule has 0 saturated heterocycles. The van der Waals surface area contributed by atoms with E-state index in [1.54, 1.807) is 51.1 Å². The molecule has 36 heavy (non-hydrogen) atoms. The van der Waals surface area contributed by atoms with Gasteiger partial charge >= 0.3 is 18.3 Å². The zero-order chi connectivity index (χ0) is 26.8. The van der Waals surface area contributed by atoms with E-state index < -0.39 is 29.7 Å². The molecular weight excluding hydrogens is 485 g/mol. The summed E-state index contributed by atoms with van der Waals surface area (Å²) in [6, 6.07) is 10.6. The second kappa shape index (κ2) is 13.1. The Labute approximate surface area is 206 Å². The number of esters is 1. The van der Waals surface area contributed by atoms with E-state index in [0.29, 0.717) is 0 Å². The largest absolute Gasteiger partial charge is 0.573 e. The van der Waals surface area contributed by atoms with Gasteiger partial charge in [0.1, 0.15) is 30.3 Å². The third-order valence-electron chi connectivity index (χ3n) is 4.37. The van der Waals surface area contributed by atoms with E-state index in [4.69, 9.17) is 18.9 Å². The molecule has 0 bridgehead atoms. The molecule has 2 aromatic rings. The van der Waals surface area contributed by atoms with Gasteiger partial charge in [0.05, 0.1) is 25.4 Å². The molecule has 0 saturated carbocycles. The van der Waals surface area contributed by atoms with Crippen LogP contribution in [0.25, 0.3) is 0 Å². The summed E-state index contributed by atoms with van der Waals surface area (Å²) in [5.41, 5.74) is -0.0416. The van der Waals surface area contributed by atoms with Crippen LogP contribution in [0.3, 0.4) is 0 Å². The number of aromatic carboxylic acids is 1. The van der Waals surface area contributed by atoms with Gasteiger partial charge in [0.25, 0.3) is 0 Å². The molecule has 0 spiro atoms. The monoisotopic (exact) mass is 514 g/mol. The minimum Gasteiger partial charge on any atom is -0.491 e. The van der Waals surface area contributed by atoms with Crippen LogP contribution in [0.2, 0.25) is 0 Å². The lowest BCUT2D eigenvalue weighted by molar-refractivity contribution is -0.274. The highest BCUT2D eigenvalue weighted by Gasteiger charge is 2.32. The maximum Gasteiger partial charge on any atom is 0.573 e. The highest BCUT2D eigenvalue weighted by atomic mass is 19.4. The first-order valence-corrected chi connectivity index (χ1v) is 11.0. The van der Waals surface area contributed by atoms with Crippen molar-refractivity contribution in [3.05, 3.63) is 59.2 Å². The van der Waals surface area contributed by atoms with Gasteiger partial charge in [-0.1, -0.05) is 30.3 Å². The van der Waals surface area contributed by atoms with E-state index >= 15 is 0 Å². The van der Waals surface area contributed by atoms with Crippen molar-refractivity contribution in [2.45, 2.75) is 39.2 Å². The van der Waals surface area contributed by atoms with Crippen LogP contribution in [0.15, 0.2) is 42.5 Å². The average Bonchev–Trinajstić information content (AvgIpc) is 2.75. The van der Waals surface area contributed by atoms with Crippen molar-refractivity contribution in [2.75, 3.05) is 33.0 Å². The molecule has 0 aromatic heterocycles. The summed E-state index contributed by atoms with van der Waals surface area (Å²) in [6.07, 6.45) is -4.89. The van der Waals surface area contributed by atoms with Gasteiger partial charge in [-0.15, -0.1) is 13.2 Å². The second-order valence-electron chi connectivity index (χ2n) is 8.56. The molecule has 0 unspecified atom stereocenters. The summed E-state index contributed by atoms with van der Waals surface area (Å²) < 4.78 is 63.5. The van der Waals surface area contributed by atoms with Gasteiger partial charge in [-0.05, 0) is 32.4 Å². The topological polar surface area (TPSA) is 101 Å². The predicted molar refractivity (Wildman–Crippen MR) is 122 cm³/mol. The first kappa shape index (κ1) is 28.9. The average molecular weight is 514 g/mol. The van der Waals surface area contributed by atoms with Gasteiger partial charge in [-0.2, -0.15) is 0 Å². The van der Waals surface area contributed by atoms with Crippen LogP contribution in [0.5, 0.6) is 11.5 Å². The number of ether oxygens (including phenoxy) is 5. The first-order valence-electron chi connectivity index (χ1n) is 11.0. The van der Waals surface area contributed by atoms with Crippen LogP contribution in [0.1, 0.15) is 42.3 Å². The summed E-state index contributed by atoms with van der Waals surface area (Å²) in [7, 11) is 0. The quantitative estimate of drug-likeness (QED) is 0.305. The fraction of sp³-hybridized carbons (Fsp3) is 0.440. The Bertz CT molecular complexity index is 1000. The van der Waals surface area contributed by atoms with Crippen molar-refractivity contribution in [1.29, 1.82) is 0 Å². The lowest BCUT2D eigenvalue weighted by Gasteiger charge is -2.19. The summed E-state index contributed by atoms with van der Waals surface area (Å²) in [4.78, 5) is 23.4. The van der Waals surface area contributed by atoms with Crippen LogP contribution in [-0.2, 0) is 25.4 Å². The number of hydrogen-bond acceptors (Lipinski definition) is 7. The normalized spacial score (nSPS) is 11.7. The van der Waals surface area contributed by atoms with Gasteiger partial charge in [0.2, 0.25) is 0 Å². The molecule has 198 valence electrons.